The number of carbonyl (C=O) groups is 1. The Morgan fingerprint density at radius 2 is 1.96 bits per heavy atom. The van der Waals surface area contributed by atoms with Gasteiger partial charge in [0.2, 0.25) is 0 Å². The van der Waals surface area contributed by atoms with Crippen LogP contribution in [-0.2, 0) is 9.47 Å². The van der Waals surface area contributed by atoms with Crippen molar-refractivity contribution >= 4 is 6.09 Å². The summed E-state index contributed by atoms with van der Waals surface area (Å²) in [6.07, 6.45) is 5.42. The molecule has 2 bridgehead atoms. The summed E-state index contributed by atoms with van der Waals surface area (Å²) in [5.41, 5.74) is 0.890. The molecule has 150 valence electrons. The van der Waals surface area contributed by atoms with Crippen molar-refractivity contribution in [2.24, 2.45) is 5.92 Å². The van der Waals surface area contributed by atoms with Gasteiger partial charge in [-0.2, -0.15) is 5.26 Å². The number of hydrogen-bond donors (Lipinski definition) is 0. The third-order valence-electron chi connectivity index (χ3n) is 6.59. The van der Waals surface area contributed by atoms with E-state index in [0.717, 1.165) is 44.5 Å². The molecule has 0 spiro atoms. The van der Waals surface area contributed by atoms with Gasteiger partial charge in [0.1, 0.15) is 0 Å². The number of aromatic nitrogens is 1. The van der Waals surface area contributed by atoms with Crippen molar-refractivity contribution in [2.75, 3.05) is 33.4 Å². The summed E-state index contributed by atoms with van der Waals surface area (Å²) in [6.45, 7) is 3.18. The fourth-order valence-corrected chi connectivity index (χ4v) is 5.18. The number of pyridine rings is 1. The first-order chi connectivity index (χ1) is 13.7. The van der Waals surface area contributed by atoms with Gasteiger partial charge in [0.05, 0.1) is 50.1 Å². The highest BCUT2D eigenvalue weighted by molar-refractivity contribution is 5.68. The first-order valence-corrected chi connectivity index (χ1v) is 10.2. The Labute approximate surface area is 166 Å². The number of rotatable bonds is 3. The van der Waals surface area contributed by atoms with Gasteiger partial charge in [0.25, 0.3) is 0 Å². The van der Waals surface area contributed by atoms with E-state index in [1.165, 1.54) is 7.11 Å². The summed E-state index contributed by atoms with van der Waals surface area (Å²) in [5, 5.41) is 9.69. The van der Waals surface area contributed by atoms with E-state index in [1.54, 1.807) is 6.20 Å². The number of nitrogens with zero attached hydrogens (tertiary/aromatic N) is 4. The number of likely N-dealkylation sites (tertiary alicyclic amines) is 1. The normalized spacial score (nSPS) is 29.7. The molecule has 7 nitrogen and oxygen atoms in total. The van der Waals surface area contributed by atoms with Crippen molar-refractivity contribution in [3.63, 3.8) is 0 Å². The lowest BCUT2D eigenvalue weighted by Crippen LogP contribution is -2.62. The Hall–Kier alpha value is -2.17. The molecule has 3 atom stereocenters. The standard InChI is InChI=1S/C21H28N4O3/c1-27-21(26)25-17-10-16(11-18(25)14-28-13-17)24-8-5-15(6-9-24)19(12-22)20-4-2-3-7-23-20/h2-4,7,15-19H,5-6,8-11,13-14H2,1H3. The van der Waals surface area contributed by atoms with Crippen molar-refractivity contribution in [1.29, 1.82) is 5.26 Å². The maximum absolute atomic E-state index is 12.1. The number of carbonyl (C=O) groups excluding carboxylic acids is 1. The second-order valence-corrected chi connectivity index (χ2v) is 8.08. The van der Waals surface area contributed by atoms with Crippen LogP contribution in [-0.4, -0.2) is 72.4 Å². The smallest absolute Gasteiger partial charge is 0.410 e. The average Bonchev–Trinajstić information content (AvgIpc) is 2.74. The van der Waals surface area contributed by atoms with E-state index in [4.69, 9.17) is 9.47 Å². The molecule has 3 fully saturated rings. The maximum Gasteiger partial charge on any atom is 0.410 e. The maximum atomic E-state index is 12.1. The molecule has 3 aliphatic heterocycles. The van der Waals surface area contributed by atoms with Gasteiger partial charge in [-0.1, -0.05) is 6.07 Å². The Kier molecular flexibility index (Phi) is 5.79. The molecule has 0 radical (unpaired) electrons. The third kappa shape index (κ3) is 3.71. The van der Waals surface area contributed by atoms with Gasteiger partial charge >= 0.3 is 6.09 Å². The van der Waals surface area contributed by atoms with Gasteiger partial charge in [-0.25, -0.2) is 4.79 Å². The van der Waals surface area contributed by atoms with Crippen molar-refractivity contribution in [3.05, 3.63) is 30.1 Å². The number of hydrogen-bond acceptors (Lipinski definition) is 6. The van der Waals surface area contributed by atoms with Gasteiger partial charge in [-0.15, -0.1) is 0 Å². The summed E-state index contributed by atoms with van der Waals surface area (Å²) in [7, 11) is 1.45. The van der Waals surface area contributed by atoms with E-state index in [2.05, 4.69) is 16.0 Å². The van der Waals surface area contributed by atoms with Crippen LogP contribution in [0.1, 0.15) is 37.3 Å². The lowest BCUT2D eigenvalue weighted by atomic mass is 9.81. The first kappa shape index (κ1) is 19.2. The Bertz CT molecular complexity index is 700. The molecular formula is C21H28N4O3. The molecule has 4 heterocycles. The molecule has 3 saturated heterocycles. The monoisotopic (exact) mass is 384 g/mol. The molecule has 4 rings (SSSR count). The summed E-state index contributed by atoms with van der Waals surface area (Å²) >= 11 is 0. The highest BCUT2D eigenvalue weighted by Crippen LogP contribution is 2.36. The second-order valence-electron chi connectivity index (χ2n) is 8.08. The molecule has 1 aromatic rings. The molecule has 1 amide bonds. The molecule has 28 heavy (non-hydrogen) atoms. The number of methoxy groups -OCH3 is 1. The number of piperidine rings is 2. The first-order valence-electron chi connectivity index (χ1n) is 10.2. The zero-order valence-corrected chi connectivity index (χ0v) is 16.4. The zero-order valence-electron chi connectivity index (χ0n) is 16.4. The van der Waals surface area contributed by atoms with Crippen LogP contribution in [0.2, 0.25) is 0 Å². The summed E-state index contributed by atoms with van der Waals surface area (Å²) in [5.74, 6) is 0.228. The van der Waals surface area contributed by atoms with Crippen LogP contribution >= 0.6 is 0 Å². The van der Waals surface area contributed by atoms with Crippen LogP contribution < -0.4 is 0 Å². The van der Waals surface area contributed by atoms with E-state index in [9.17, 15) is 10.1 Å². The lowest BCUT2D eigenvalue weighted by molar-refractivity contribution is -0.0860. The molecule has 0 aromatic carbocycles. The van der Waals surface area contributed by atoms with Gasteiger partial charge in [0, 0.05) is 12.2 Å². The predicted molar refractivity (Wildman–Crippen MR) is 103 cm³/mol. The van der Waals surface area contributed by atoms with Gasteiger partial charge in [0.15, 0.2) is 0 Å². The largest absolute Gasteiger partial charge is 0.453 e. The van der Waals surface area contributed by atoms with Crippen LogP contribution in [0.15, 0.2) is 24.4 Å². The van der Waals surface area contributed by atoms with Crippen LogP contribution in [0.25, 0.3) is 0 Å². The highest BCUT2D eigenvalue weighted by atomic mass is 16.5. The molecule has 0 aliphatic carbocycles. The van der Waals surface area contributed by atoms with Crippen LogP contribution in [0, 0.1) is 17.2 Å². The molecule has 3 aliphatic rings. The van der Waals surface area contributed by atoms with Crippen LogP contribution in [0.3, 0.4) is 0 Å². The van der Waals surface area contributed by atoms with Gasteiger partial charge in [-0.05, 0) is 56.8 Å². The van der Waals surface area contributed by atoms with E-state index >= 15 is 0 Å². The highest BCUT2D eigenvalue weighted by Gasteiger charge is 2.44. The minimum Gasteiger partial charge on any atom is -0.453 e. The molecule has 0 N–H and O–H groups in total. The topological polar surface area (TPSA) is 78.7 Å². The molecule has 3 unspecified atom stereocenters. The fourth-order valence-electron chi connectivity index (χ4n) is 5.18. The SMILES string of the molecule is COC(=O)N1C2COCC1CC(N1CCC(C(C#N)c3ccccn3)CC1)C2. The van der Waals surface area contributed by atoms with Crippen molar-refractivity contribution in [3.8, 4) is 6.07 Å². The minimum absolute atomic E-state index is 0.100. The number of morpholine rings is 1. The quantitative estimate of drug-likeness (QED) is 0.796. The zero-order chi connectivity index (χ0) is 19.5. The molecule has 7 heteroatoms. The molecule has 1 aromatic heterocycles. The summed E-state index contributed by atoms with van der Waals surface area (Å²) in [4.78, 5) is 21.0. The third-order valence-corrected chi connectivity index (χ3v) is 6.59. The number of nitriles is 1. The molecule has 0 saturated carbocycles. The Morgan fingerprint density at radius 3 is 2.54 bits per heavy atom. The molecular weight excluding hydrogens is 356 g/mol. The van der Waals surface area contributed by atoms with Crippen LogP contribution in [0.5, 0.6) is 0 Å². The van der Waals surface area contributed by atoms with E-state index in [1.807, 2.05) is 23.1 Å². The van der Waals surface area contributed by atoms with Crippen molar-refractivity contribution in [1.82, 2.24) is 14.8 Å². The number of ether oxygens (including phenoxy) is 2. The second kappa shape index (κ2) is 8.46. The van der Waals surface area contributed by atoms with Gasteiger partial charge in [-0.3, -0.25) is 9.88 Å². The Morgan fingerprint density at radius 1 is 1.25 bits per heavy atom. The van der Waals surface area contributed by atoms with E-state index in [0.29, 0.717) is 25.2 Å². The van der Waals surface area contributed by atoms with Crippen LogP contribution in [0.4, 0.5) is 4.79 Å². The number of fused-ring (bicyclic) bond motifs is 2. The fraction of sp³-hybridized carbons (Fsp3) is 0.667. The van der Waals surface area contributed by atoms with E-state index in [-0.39, 0.29) is 24.1 Å². The lowest BCUT2D eigenvalue weighted by Gasteiger charge is -2.51. The van der Waals surface area contributed by atoms with Crippen molar-refractivity contribution in [2.45, 2.75) is 49.7 Å². The van der Waals surface area contributed by atoms with Gasteiger partial charge < -0.3 is 14.4 Å². The summed E-state index contributed by atoms with van der Waals surface area (Å²) < 4.78 is 10.7. The number of amides is 1. The predicted octanol–water partition coefficient (Wildman–Crippen LogP) is 2.40. The average molecular weight is 384 g/mol. The summed E-state index contributed by atoms with van der Waals surface area (Å²) in [6, 6.07) is 8.96. The minimum atomic E-state index is -0.234. The Balaban J connectivity index is 1.37. The van der Waals surface area contributed by atoms with Crippen molar-refractivity contribution < 1.29 is 14.3 Å². The van der Waals surface area contributed by atoms with E-state index < -0.39 is 0 Å².